The van der Waals surface area contributed by atoms with Gasteiger partial charge in [-0.15, -0.1) is 0 Å². The van der Waals surface area contributed by atoms with Crippen LogP contribution in [0.1, 0.15) is 26.2 Å². The summed E-state index contributed by atoms with van der Waals surface area (Å²) in [5, 5.41) is 18.7. The first-order valence-electron chi connectivity index (χ1n) is 7.07. The second kappa shape index (κ2) is 6.30. The van der Waals surface area contributed by atoms with E-state index in [0.717, 1.165) is 17.7 Å². The van der Waals surface area contributed by atoms with Crippen molar-refractivity contribution in [3.05, 3.63) is 0 Å². The van der Waals surface area contributed by atoms with Crippen LogP contribution in [0.3, 0.4) is 0 Å². The number of hydrogen-bond donors (Lipinski definition) is 2. The van der Waals surface area contributed by atoms with Gasteiger partial charge in [0.25, 0.3) is 0 Å². The molecule has 0 spiro atoms. The van der Waals surface area contributed by atoms with Crippen molar-refractivity contribution < 1.29 is 29.3 Å². The molecule has 2 amide bonds. The average Bonchev–Trinajstić information content (AvgIpc) is 3.17. The van der Waals surface area contributed by atoms with E-state index in [1.807, 2.05) is 0 Å². The van der Waals surface area contributed by atoms with Gasteiger partial charge >= 0.3 is 18.0 Å². The molecule has 0 aromatic rings. The van der Waals surface area contributed by atoms with Crippen LogP contribution in [0, 0.1) is 0 Å². The highest BCUT2D eigenvalue weighted by Crippen LogP contribution is 2.30. The molecule has 0 aromatic carbocycles. The van der Waals surface area contributed by atoms with Crippen molar-refractivity contribution in [2.24, 2.45) is 0 Å². The van der Waals surface area contributed by atoms with Crippen molar-refractivity contribution in [1.29, 1.82) is 0 Å². The lowest BCUT2D eigenvalue weighted by molar-refractivity contribution is -0.144. The van der Waals surface area contributed by atoms with Gasteiger partial charge in [0.15, 0.2) is 0 Å². The lowest BCUT2D eigenvalue weighted by Gasteiger charge is -2.29. The maximum absolute atomic E-state index is 12.5. The van der Waals surface area contributed by atoms with E-state index in [2.05, 4.69) is 0 Å². The molecular weight excluding hydrogens is 280 g/mol. The highest BCUT2D eigenvalue weighted by molar-refractivity contribution is 5.86. The highest BCUT2D eigenvalue weighted by atomic mass is 16.5. The Morgan fingerprint density at radius 3 is 2.52 bits per heavy atom. The maximum Gasteiger partial charge on any atom is 0.326 e. The van der Waals surface area contributed by atoms with Crippen LogP contribution in [0.5, 0.6) is 0 Å². The topological polar surface area (TPSA) is 107 Å². The lowest BCUT2D eigenvalue weighted by Crippen LogP contribution is -2.50. The predicted molar refractivity (Wildman–Crippen MR) is 70.5 cm³/mol. The van der Waals surface area contributed by atoms with Crippen LogP contribution in [0.4, 0.5) is 4.79 Å². The number of amides is 2. The summed E-state index contributed by atoms with van der Waals surface area (Å²) in [6.45, 7) is 1.70. The summed E-state index contributed by atoms with van der Waals surface area (Å²) in [5.74, 6) is -1.66. The Morgan fingerprint density at radius 2 is 2.00 bits per heavy atom. The van der Waals surface area contributed by atoms with Crippen LogP contribution >= 0.6 is 0 Å². The van der Waals surface area contributed by atoms with Crippen molar-refractivity contribution in [2.45, 2.75) is 44.4 Å². The molecule has 1 unspecified atom stereocenters. The molecule has 0 bridgehead atoms. The Balaban J connectivity index is 2.07. The number of ether oxygens (including phenoxy) is 1. The van der Waals surface area contributed by atoms with E-state index in [1.54, 1.807) is 6.92 Å². The number of rotatable bonds is 5. The van der Waals surface area contributed by atoms with Gasteiger partial charge in [0.1, 0.15) is 12.6 Å². The van der Waals surface area contributed by atoms with Crippen LogP contribution in [0.2, 0.25) is 0 Å². The Bertz CT molecular complexity index is 436. The molecule has 8 nitrogen and oxygen atoms in total. The van der Waals surface area contributed by atoms with Gasteiger partial charge in [-0.05, 0) is 19.8 Å². The first-order valence-corrected chi connectivity index (χ1v) is 7.07. The van der Waals surface area contributed by atoms with E-state index in [-0.39, 0.29) is 32.2 Å². The van der Waals surface area contributed by atoms with Crippen molar-refractivity contribution in [3.63, 3.8) is 0 Å². The molecule has 1 aliphatic heterocycles. The van der Waals surface area contributed by atoms with E-state index in [1.165, 1.54) is 4.90 Å². The third kappa shape index (κ3) is 3.63. The number of β-amino-alcohol motifs (C(OH)–C–C–N with tert-alkyl or cyclic N) is 1. The normalized spacial score (nSPS) is 24.8. The summed E-state index contributed by atoms with van der Waals surface area (Å²) in [7, 11) is 0. The van der Waals surface area contributed by atoms with Crippen LogP contribution in [-0.4, -0.2) is 75.9 Å². The van der Waals surface area contributed by atoms with Gasteiger partial charge in [0, 0.05) is 19.0 Å². The van der Waals surface area contributed by atoms with Gasteiger partial charge in [0.2, 0.25) is 0 Å². The fourth-order valence-electron chi connectivity index (χ4n) is 2.51. The number of likely N-dealkylation sites (tertiary alicyclic amines) is 1. The number of aliphatic carboxylic acids is 1. The number of nitrogens with zero attached hydrogens (tertiary/aromatic N) is 2. The average molecular weight is 300 g/mol. The monoisotopic (exact) mass is 300 g/mol. The molecule has 21 heavy (non-hydrogen) atoms. The van der Waals surface area contributed by atoms with Gasteiger partial charge in [-0.3, -0.25) is 4.79 Å². The van der Waals surface area contributed by atoms with Gasteiger partial charge in [-0.2, -0.15) is 0 Å². The van der Waals surface area contributed by atoms with Gasteiger partial charge < -0.3 is 24.7 Å². The molecule has 1 heterocycles. The molecule has 1 saturated heterocycles. The molecule has 2 fully saturated rings. The third-order valence-electron chi connectivity index (χ3n) is 3.65. The van der Waals surface area contributed by atoms with Crippen LogP contribution in [0.15, 0.2) is 0 Å². The largest absolute Gasteiger partial charge is 0.480 e. The van der Waals surface area contributed by atoms with Crippen LogP contribution in [-0.2, 0) is 14.3 Å². The fraction of sp³-hybridized carbons (Fsp3) is 0.769. The number of carboxylic acid groups (broad SMARTS) is 1. The molecule has 2 atom stereocenters. The molecule has 2 N–H and O–H groups in total. The second-order valence-electron chi connectivity index (χ2n) is 5.34. The number of carboxylic acids is 1. The second-order valence-corrected chi connectivity index (χ2v) is 5.34. The van der Waals surface area contributed by atoms with Crippen LogP contribution in [0.25, 0.3) is 0 Å². The van der Waals surface area contributed by atoms with E-state index in [4.69, 9.17) is 9.84 Å². The number of esters is 1. The number of aliphatic hydroxyl groups is 1. The van der Waals surface area contributed by atoms with E-state index < -0.39 is 30.1 Å². The Hall–Kier alpha value is -1.83. The van der Waals surface area contributed by atoms with Crippen molar-refractivity contribution in [2.75, 3.05) is 19.7 Å². The molecular formula is C13H20N2O6. The zero-order valence-corrected chi connectivity index (χ0v) is 11.9. The van der Waals surface area contributed by atoms with Crippen LogP contribution < -0.4 is 0 Å². The molecule has 118 valence electrons. The molecule has 1 aliphatic carbocycles. The fourth-order valence-corrected chi connectivity index (χ4v) is 2.51. The van der Waals surface area contributed by atoms with Crippen molar-refractivity contribution >= 4 is 18.0 Å². The summed E-state index contributed by atoms with van der Waals surface area (Å²) in [4.78, 5) is 37.7. The summed E-state index contributed by atoms with van der Waals surface area (Å²) in [5.41, 5.74) is 0. The Labute approximate surface area is 122 Å². The summed E-state index contributed by atoms with van der Waals surface area (Å²) < 4.78 is 4.84. The zero-order valence-electron chi connectivity index (χ0n) is 11.9. The zero-order chi connectivity index (χ0) is 15.6. The Morgan fingerprint density at radius 1 is 1.33 bits per heavy atom. The quantitative estimate of drug-likeness (QED) is 0.672. The molecule has 2 rings (SSSR count). The minimum absolute atomic E-state index is 0.0129. The highest BCUT2D eigenvalue weighted by Gasteiger charge is 2.44. The first-order chi connectivity index (χ1) is 9.93. The number of carbonyl (C=O) groups is 3. The van der Waals surface area contributed by atoms with Gasteiger partial charge in [0.05, 0.1) is 12.7 Å². The smallest absolute Gasteiger partial charge is 0.326 e. The molecule has 2 aliphatic rings. The first kappa shape index (κ1) is 15.6. The predicted octanol–water partition coefficient (Wildman–Crippen LogP) is -0.346. The van der Waals surface area contributed by atoms with E-state index >= 15 is 0 Å². The number of aliphatic hydroxyl groups excluding tert-OH is 1. The third-order valence-corrected chi connectivity index (χ3v) is 3.65. The molecule has 0 aromatic heterocycles. The summed E-state index contributed by atoms with van der Waals surface area (Å²) in [6, 6.07) is -1.61. The standard InChI is InChI=1S/C13H20N2O6/c1-2-21-11(17)7-14(8-3-4-8)13(20)15-6-9(16)5-10(15)12(18)19/h8-10,16H,2-7H2,1H3,(H,18,19)/t9?,10-/m0/s1. The Kier molecular flexibility index (Phi) is 4.66. The van der Waals surface area contributed by atoms with Gasteiger partial charge in [-0.1, -0.05) is 0 Å². The molecule has 8 heteroatoms. The van der Waals surface area contributed by atoms with Gasteiger partial charge in [-0.25, -0.2) is 9.59 Å². The minimum Gasteiger partial charge on any atom is -0.480 e. The number of hydrogen-bond acceptors (Lipinski definition) is 5. The van der Waals surface area contributed by atoms with E-state index in [9.17, 15) is 19.5 Å². The van der Waals surface area contributed by atoms with E-state index in [0.29, 0.717) is 0 Å². The number of urea groups is 1. The van der Waals surface area contributed by atoms with Crippen molar-refractivity contribution in [3.8, 4) is 0 Å². The SMILES string of the molecule is CCOC(=O)CN(C(=O)N1CC(O)C[C@H]1C(=O)O)C1CC1. The summed E-state index contributed by atoms with van der Waals surface area (Å²) >= 11 is 0. The molecule has 0 radical (unpaired) electrons. The lowest BCUT2D eigenvalue weighted by atomic mass is 10.2. The maximum atomic E-state index is 12.5. The number of carbonyl (C=O) groups excluding carboxylic acids is 2. The summed E-state index contributed by atoms with van der Waals surface area (Å²) in [6.07, 6.45) is 0.746. The molecule has 1 saturated carbocycles. The van der Waals surface area contributed by atoms with Crippen molar-refractivity contribution in [1.82, 2.24) is 9.80 Å². The minimum atomic E-state index is -1.15.